The van der Waals surface area contributed by atoms with Crippen LogP contribution in [0.4, 0.5) is 0 Å². The van der Waals surface area contributed by atoms with Gasteiger partial charge in [-0.15, -0.1) is 0 Å². The van der Waals surface area contributed by atoms with Crippen LogP contribution < -0.4 is 5.32 Å². The Hall–Kier alpha value is -2.73. The van der Waals surface area contributed by atoms with Crippen molar-refractivity contribution in [2.24, 2.45) is 0 Å². The lowest BCUT2D eigenvalue weighted by Gasteiger charge is -2.25. The Morgan fingerprint density at radius 1 is 1.24 bits per heavy atom. The third-order valence-corrected chi connectivity index (χ3v) is 5.58. The summed E-state index contributed by atoms with van der Waals surface area (Å²) >= 11 is 0. The third kappa shape index (κ3) is 4.03. The standard InChI is InChI=1S/C23H29N5O/c1-15(2)28-22-19(13-25-28)18(12-20(26-22)16-10-11-16)23(29)24-14-21(27(3)4)17-8-6-5-7-9-17/h5-9,12-13,15-16,21H,10-11,14H2,1-4H3,(H,24,29). The van der Waals surface area contributed by atoms with Crippen LogP contribution in [-0.2, 0) is 0 Å². The second-order valence-corrected chi connectivity index (χ2v) is 8.39. The number of carbonyl (C=O) groups is 1. The van der Waals surface area contributed by atoms with Gasteiger partial charge in [-0.05, 0) is 52.4 Å². The van der Waals surface area contributed by atoms with Crippen LogP contribution in [0.5, 0.6) is 0 Å². The Labute approximate surface area is 171 Å². The minimum Gasteiger partial charge on any atom is -0.350 e. The van der Waals surface area contributed by atoms with Crippen LogP contribution in [0.15, 0.2) is 42.6 Å². The average molecular weight is 392 g/mol. The second-order valence-electron chi connectivity index (χ2n) is 8.39. The van der Waals surface area contributed by atoms with Crippen molar-refractivity contribution >= 4 is 16.9 Å². The van der Waals surface area contributed by atoms with Crippen molar-refractivity contribution in [3.05, 3.63) is 59.4 Å². The molecule has 1 unspecified atom stereocenters. The van der Waals surface area contributed by atoms with Gasteiger partial charge in [-0.2, -0.15) is 5.10 Å². The number of benzene rings is 1. The number of aromatic nitrogens is 3. The van der Waals surface area contributed by atoms with Crippen molar-refractivity contribution in [2.45, 2.75) is 44.7 Å². The molecule has 1 fully saturated rings. The smallest absolute Gasteiger partial charge is 0.252 e. The largest absolute Gasteiger partial charge is 0.350 e. The lowest BCUT2D eigenvalue weighted by Crippen LogP contribution is -2.34. The molecule has 1 N–H and O–H groups in total. The zero-order valence-electron chi connectivity index (χ0n) is 17.6. The molecular weight excluding hydrogens is 362 g/mol. The topological polar surface area (TPSA) is 63.1 Å². The first-order chi connectivity index (χ1) is 14.0. The van der Waals surface area contributed by atoms with Crippen LogP contribution in [0.2, 0.25) is 0 Å². The van der Waals surface area contributed by atoms with E-state index in [4.69, 9.17) is 4.98 Å². The number of hydrogen-bond acceptors (Lipinski definition) is 4. The van der Waals surface area contributed by atoms with Crippen LogP contribution in [0.1, 0.15) is 66.3 Å². The third-order valence-electron chi connectivity index (χ3n) is 5.58. The summed E-state index contributed by atoms with van der Waals surface area (Å²) in [6, 6.07) is 12.5. The highest BCUT2D eigenvalue weighted by atomic mass is 16.1. The maximum atomic E-state index is 13.2. The molecule has 1 amide bonds. The number of hydrogen-bond donors (Lipinski definition) is 1. The van der Waals surface area contributed by atoms with Crippen molar-refractivity contribution in [3.63, 3.8) is 0 Å². The monoisotopic (exact) mass is 391 g/mol. The van der Waals surface area contributed by atoms with Gasteiger partial charge in [0.25, 0.3) is 5.91 Å². The van der Waals surface area contributed by atoms with Gasteiger partial charge in [0, 0.05) is 24.2 Å². The molecule has 0 aliphatic heterocycles. The number of carbonyl (C=O) groups excluding carboxylic acids is 1. The molecule has 1 aliphatic rings. The highest BCUT2D eigenvalue weighted by Gasteiger charge is 2.28. The van der Waals surface area contributed by atoms with E-state index in [9.17, 15) is 4.79 Å². The molecule has 1 saturated carbocycles. The summed E-state index contributed by atoms with van der Waals surface area (Å²) < 4.78 is 1.91. The van der Waals surface area contributed by atoms with Gasteiger partial charge in [-0.25, -0.2) is 9.67 Å². The number of amides is 1. The van der Waals surface area contributed by atoms with Gasteiger partial charge in [0.2, 0.25) is 0 Å². The summed E-state index contributed by atoms with van der Waals surface area (Å²) in [6.45, 7) is 4.70. The van der Waals surface area contributed by atoms with Gasteiger partial charge in [-0.3, -0.25) is 4.79 Å². The molecule has 4 rings (SSSR count). The predicted octanol–water partition coefficient (Wildman–Crippen LogP) is 3.92. The molecular formula is C23H29N5O. The van der Waals surface area contributed by atoms with Crippen LogP contribution in [0.3, 0.4) is 0 Å². The lowest BCUT2D eigenvalue weighted by atomic mass is 10.1. The SMILES string of the molecule is CC(C)n1ncc2c(C(=O)NCC(c3ccccc3)N(C)C)cc(C3CC3)nc21. The molecule has 0 radical (unpaired) electrons. The number of fused-ring (bicyclic) bond motifs is 1. The first-order valence-electron chi connectivity index (χ1n) is 10.3. The summed E-state index contributed by atoms with van der Waals surface area (Å²) in [7, 11) is 4.07. The van der Waals surface area contributed by atoms with Crippen molar-refractivity contribution in [1.29, 1.82) is 0 Å². The number of nitrogens with one attached hydrogen (secondary N) is 1. The van der Waals surface area contributed by atoms with E-state index in [1.807, 2.05) is 43.0 Å². The minimum atomic E-state index is -0.0645. The van der Waals surface area contributed by atoms with E-state index in [0.29, 0.717) is 18.0 Å². The molecule has 0 saturated heterocycles. The van der Waals surface area contributed by atoms with Gasteiger partial charge >= 0.3 is 0 Å². The Morgan fingerprint density at radius 3 is 2.59 bits per heavy atom. The molecule has 152 valence electrons. The van der Waals surface area contributed by atoms with E-state index in [1.54, 1.807) is 6.20 Å². The molecule has 1 aromatic carbocycles. The summed E-state index contributed by atoms with van der Waals surface area (Å²) in [5.74, 6) is 0.408. The molecule has 1 aliphatic carbocycles. The summed E-state index contributed by atoms with van der Waals surface area (Å²) in [5, 5.41) is 8.47. The van der Waals surface area contributed by atoms with Gasteiger partial charge in [0.1, 0.15) is 0 Å². The van der Waals surface area contributed by atoms with Gasteiger partial charge in [0.05, 0.1) is 23.2 Å². The lowest BCUT2D eigenvalue weighted by molar-refractivity contribution is 0.0943. The summed E-state index contributed by atoms with van der Waals surface area (Å²) in [6.07, 6.45) is 4.06. The minimum absolute atomic E-state index is 0.0645. The van der Waals surface area contributed by atoms with Crippen molar-refractivity contribution in [2.75, 3.05) is 20.6 Å². The molecule has 6 nitrogen and oxygen atoms in total. The molecule has 29 heavy (non-hydrogen) atoms. The predicted molar refractivity (Wildman–Crippen MR) is 115 cm³/mol. The zero-order valence-corrected chi connectivity index (χ0v) is 17.6. The molecule has 2 heterocycles. The van der Waals surface area contributed by atoms with Crippen molar-refractivity contribution in [3.8, 4) is 0 Å². The molecule has 3 aromatic rings. The van der Waals surface area contributed by atoms with E-state index in [0.717, 1.165) is 29.6 Å². The van der Waals surface area contributed by atoms with E-state index >= 15 is 0 Å². The maximum Gasteiger partial charge on any atom is 0.252 e. The number of rotatable bonds is 7. The fraction of sp³-hybridized carbons (Fsp3) is 0.435. The second kappa shape index (κ2) is 7.95. The van der Waals surface area contributed by atoms with Gasteiger partial charge < -0.3 is 10.2 Å². The van der Waals surface area contributed by atoms with Gasteiger partial charge in [0.15, 0.2) is 5.65 Å². The summed E-state index contributed by atoms with van der Waals surface area (Å²) in [4.78, 5) is 20.2. The maximum absolute atomic E-state index is 13.2. The van der Waals surface area contributed by atoms with Crippen molar-refractivity contribution < 1.29 is 4.79 Å². The van der Waals surface area contributed by atoms with E-state index in [-0.39, 0.29) is 18.0 Å². The Bertz CT molecular complexity index is 1000. The molecule has 6 heteroatoms. The van der Waals surface area contributed by atoms with E-state index < -0.39 is 0 Å². The molecule has 0 spiro atoms. The van der Waals surface area contributed by atoms with E-state index in [2.05, 4.69) is 41.3 Å². The first kappa shape index (κ1) is 19.6. The Balaban J connectivity index is 1.62. The number of nitrogens with zero attached hydrogens (tertiary/aromatic N) is 4. The first-order valence-corrected chi connectivity index (χ1v) is 10.3. The van der Waals surface area contributed by atoms with E-state index in [1.165, 1.54) is 5.56 Å². The Morgan fingerprint density at radius 2 is 1.97 bits per heavy atom. The molecule has 0 bridgehead atoms. The number of pyridine rings is 1. The highest BCUT2D eigenvalue weighted by molar-refractivity contribution is 6.05. The Kier molecular flexibility index (Phi) is 5.37. The molecule has 2 aromatic heterocycles. The number of likely N-dealkylation sites (N-methyl/N-ethyl adjacent to an activating group) is 1. The normalized spacial score (nSPS) is 15.2. The average Bonchev–Trinajstić information content (AvgIpc) is 3.46. The fourth-order valence-corrected chi connectivity index (χ4v) is 3.75. The fourth-order valence-electron chi connectivity index (χ4n) is 3.75. The molecule has 1 atom stereocenters. The van der Waals surface area contributed by atoms with Crippen LogP contribution in [0, 0.1) is 0 Å². The van der Waals surface area contributed by atoms with Crippen LogP contribution >= 0.6 is 0 Å². The quantitative estimate of drug-likeness (QED) is 0.663. The van der Waals surface area contributed by atoms with Crippen LogP contribution in [-0.4, -0.2) is 46.2 Å². The highest BCUT2D eigenvalue weighted by Crippen LogP contribution is 2.40. The van der Waals surface area contributed by atoms with Crippen molar-refractivity contribution in [1.82, 2.24) is 25.0 Å². The summed E-state index contributed by atoms with van der Waals surface area (Å²) in [5.41, 5.74) is 3.68. The van der Waals surface area contributed by atoms with Gasteiger partial charge in [-0.1, -0.05) is 30.3 Å². The van der Waals surface area contributed by atoms with Crippen LogP contribution in [0.25, 0.3) is 11.0 Å². The zero-order chi connectivity index (χ0) is 20.5.